The molecule has 0 aromatic rings. The quantitative estimate of drug-likeness (QED) is 0.360. The number of hydrogen-bond acceptors (Lipinski definition) is 3. The van der Waals surface area contributed by atoms with Gasteiger partial charge in [-0.25, -0.2) is 0 Å². The Morgan fingerprint density at radius 2 is 2.12 bits per heavy atom. The molecule has 0 saturated heterocycles. The fourth-order valence-electron chi connectivity index (χ4n) is 0.196. The molecule has 0 aliphatic carbocycles. The minimum absolute atomic E-state index is 0.265. The Kier molecular flexibility index (Phi) is 2.86. The first-order valence-corrected chi connectivity index (χ1v) is 2.77. The highest BCUT2D eigenvalue weighted by Crippen LogP contribution is 1.80. The Morgan fingerprint density at radius 3 is 2.25 bits per heavy atom. The fraction of sp³-hybridized carbons (Fsp3) is 0.333. The summed E-state index contributed by atoms with van der Waals surface area (Å²) < 4.78 is 4.18. The summed E-state index contributed by atoms with van der Waals surface area (Å²) in [4.78, 5) is 19.7. The third kappa shape index (κ3) is 3.35. The van der Waals surface area contributed by atoms with Crippen LogP contribution in [0.4, 0.5) is 0 Å². The normalized spacial score (nSPS) is 8.50. The first-order chi connectivity index (χ1) is 3.66. The van der Waals surface area contributed by atoms with Gasteiger partial charge in [-0.15, -0.1) is 0 Å². The molecule has 1 N–H and O–H groups in total. The predicted molar refractivity (Wildman–Crippen MR) is 28.3 cm³/mol. The van der Waals surface area contributed by atoms with Crippen LogP contribution in [-0.2, 0) is 14.0 Å². The van der Waals surface area contributed by atoms with E-state index in [2.05, 4.69) is 4.43 Å². The molecule has 0 bridgehead atoms. The molecule has 0 fully saturated rings. The lowest BCUT2D eigenvalue weighted by Gasteiger charge is -1.91. The van der Waals surface area contributed by atoms with Crippen molar-refractivity contribution < 1.29 is 19.1 Å². The second-order valence-corrected chi connectivity index (χ2v) is 1.55. The van der Waals surface area contributed by atoms with Crippen LogP contribution in [0.15, 0.2) is 0 Å². The van der Waals surface area contributed by atoms with Crippen LogP contribution < -0.4 is 0 Å². The average Bonchev–Trinajstić information content (AvgIpc) is 1.65. The van der Waals surface area contributed by atoms with Crippen molar-refractivity contribution in [1.29, 1.82) is 0 Å². The van der Waals surface area contributed by atoms with Gasteiger partial charge in [-0.1, -0.05) is 0 Å². The van der Waals surface area contributed by atoms with Crippen LogP contribution in [0.1, 0.15) is 6.42 Å². The van der Waals surface area contributed by atoms with E-state index < -0.39 is 18.4 Å². The highest BCUT2D eigenvalue weighted by molar-refractivity contribution is 6.07. The number of carbonyl (C=O) groups excluding carboxylic acids is 1. The monoisotopic (exact) mass is 134 g/mol. The number of hydrogen-bond donors (Lipinski definition) is 1. The molecule has 5 heteroatoms. The fourth-order valence-corrected chi connectivity index (χ4v) is 0.340. The minimum Gasteiger partial charge on any atom is -0.528 e. The van der Waals surface area contributed by atoms with Crippen molar-refractivity contribution in [2.45, 2.75) is 6.42 Å². The third-order valence-electron chi connectivity index (χ3n) is 0.523. The van der Waals surface area contributed by atoms with Crippen LogP contribution in [0, 0.1) is 0 Å². The third-order valence-corrected chi connectivity index (χ3v) is 0.979. The first-order valence-electron chi connectivity index (χ1n) is 1.95. The maximum absolute atomic E-state index is 10.1. The zero-order valence-electron chi connectivity index (χ0n) is 4.38. The van der Waals surface area contributed by atoms with Gasteiger partial charge < -0.3 is 9.53 Å². The zero-order chi connectivity index (χ0) is 6.57. The largest absolute Gasteiger partial charge is 0.528 e. The number of carboxylic acid groups (broad SMARTS) is 1. The van der Waals surface area contributed by atoms with Crippen molar-refractivity contribution in [3.8, 4) is 0 Å². The Balaban J connectivity index is 3.40. The van der Waals surface area contributed by atoms with E-state index in [-0.39, 0.29) is 10.5 Å². The number of rotatable bonds is 2. The van der Waals surface area contributed by atoms with E-state index in [9.17, 15) is 9.59 Å². The van der Waals surface area contributed by atoms with Crippen LogP contribution in [0.25, 0.3) is 0 Å². The molecule has 0 aromatic heterocycles. The van der Waals surface area contributed by atoms with Crippen molar-refractivity contribution in [2.75, 3.05) is 0 Å². The van der Waals surface area contributed by atoms with Gasteiger partial charge in [0.15, 0.2) is 0 Å². The average molecular weight is 134 g/mol. The molecule has 0 rings (SSSR count). The first kappa shape index (κ1) is 7.16. The highest BCUT2D eigenvalue weighted by Gasteiger charge is 2.04. The van der Waals surface area contributed by atoms with Gasteiger partial charge in [-0.3, -0.25) is 9.59 Å². The van der Waals surface area contributed by atoms with E-state index in [1.807, 2.05) is 0 Å². The molecule has 0 radical (unpaired) electrons. The van der Waals surface area contributed by atoms with Gasteiger partial charge in [-0.05, 0) is 0 Å². The van der Waals surface area contributed by atoms with Crippen molar-refractivity contribution in [1.82, 2.24) is 0 Å². The van der Waals surface area contributed by atoms with Gasteiger partial charge in [-0.2, -0.15) is 0 Å². The molecule has 8 heavy (non-hydrogen) atoms. The maximum Gasteiger partial charge on any atom is 0.314 e. The molecule has 0 heterocycles. The van der Waals surface area contributed by atoms with E-state index in [0.29, 0.717) is 0 Å². The summed E-state index contributed by atoms with van der Waals surface area (Å²) in [6.45, 7) is 0. The van der Waals surface area contributed by atoms with Gasteiger partial charge in [0.25, 0.3) is 0 Å². The molecule has 0 aromatic carbocycles. The molecule has 0 saturated carbocycles. The smallest absolute Gasteiger partial charge is 0.314 e. The number of aliphatic carboxylic acids is 1. The van der Waals surface area contributed by atoms with Crippen LogP contribution in [0.3, 0.4) is 0 Å². The zero-order valence-corrected chi connectivity index (χ0v) is 6.38. The number of carbonyl (C=O) groups is 2. The maximum atomic E-state index is 10.1. The summed E-state index contributed by atoms with van der Waals surface area (Å²) in [7, 11) is 0.265. The second-order valence-electron chi connectivity index (χ2n) is 1.15. The molecular formula is C3H6O4Si. The van der Waals surface area contributed by atoms with Crippen LogP contribution >= 0.6 is 0 Å². The summed E-state index contributed by atoms with van der Waals surface area (Å²) in [5.41, 5.74) is 0. The Labute approximate surface area is 49.0 Å². The van der Waals surface area contributed by atoms with Gasteiger partial charge in [0.2, 0.25) is 10.5 Å². The van der Waals surface area contributed by atoms with Gasteiger partial charge >= 0.3 is 11.9 Å². The molecule has 0 unspecified atom stereocenters. The van der Waals surface area contributed by atoms with Crippen molar-refractivity contribution >= 4 is 22.4 Å². The summed E-state index contributed by atoms with van der Waals surface area (Å²) in [5, 5.41) is 7.93. The Morgan fingerprint density at radius 1 is 1.62 bits per heavy atom. The summed E-state index contributed by atoms with van der Waals surface area (Å²) in [5.74, 6) is -1.81. The van der Waals surface area contributed by atoms with E-state index in [0.717, 1.165) is 0 Å². The summed E-state index contributed by atoms with van der Waals surface area (Å²) >= 11 is 0. The predicted octanol–water partition coefficient (Wildman–Crippen LogP) is -1.72. The number of carboxylic acids is 1. The lowest BCUT2D eigenvalue weighted by Crippen LogP contribution is -2.08. The molecule has 0 spiro atoms. The SMILES string of the molecule is O=C(O)CC(=O)O[SiH3]. The minimum atomic E-state index is -1.15. The topological polar surface area (TPSA) is 63.6 Å². The summed E-state index contributed by atoms with van der Waals surface area (Å²) in [6.07, 6.45) is -0.524. The van der Waals surface area contributed by atoms with Gasteiger partial charge in [0.05, 0.1) is 0 Å². The van der Waals surface area contributed by atoms with Crippen molar-refractivity contribution in [2.24, 2.45) is 0 Å². The van der Waals surface area contributed by atoms with Crippen molar-refractivity contribution in [3.05, 3.63) is 0 Å². The van der Waals surface area contributed by atoms with E-state index in [1.165, 1.54) is 0 Å². The van der Waals surface area contributed by atoms with Crippen LogP contribution in [0.5, 0.6) is 0 Å². The summed E-state index contributed by atoms with van der Waals surface area (Å²) in [6, 6.07) is 0. The Hall–Kier alpha value is -0.843. The lowest BCUT2D eigenvalue weighted by atomic mass is 10.5. The van der Waals surface area contributed by atoms with Gasteiger partial charge in [0.1, 0.15) is 6.42 Å². The van der Waals surface area contributed by atoms with E-state index in [1.54, 1.807) is 0 Å². The Bertz CT molecular complexity index is 110. The molecule has 0 amide bonds. The van der Waals surface area contributed by atoms with E-state index >= 15 is 0 Å². The molecule has 0 atom stereocenters. The molecule has 4 nitrogen and oxygen atoms in total. The lowest BCUT2D eigenvalue weighted by molar-refractivity contribution is -0.145. The standard InChI is InChI=1S/C3H6O4Si/c4-2(5)1-3(6)7-8/h1H2,8H3,(H,4,5). The molecule has 0 aliphatic heterocycles. The molecule has 46 valence electrons. The van der Waals surface area contributed by atoms with E-state index in [4.69, 9.17) is 5.11 Å². The second kappa shape index (κ2) is 3.20. The van der Waals surface area contributed by atoms with Gasteiger partial charge in [0, 0.05) is 0 Å². The highest BCUT2D eigenvalue weighted by atomic mass is 28.2. The van der Waals surface area contributed by atoms with Crippen molar-refractivity contribution in [3.63, 3.8) is 0 Å². The van der Waals surface area contributed by atoms with Crippen LogP contribution in [0.2, 0.25) is 0 Å². The molecule has 0 aliphatic rings. The molecular weight excluding hydrogens is 128 g/mol. The van der Waals surface area contributed by atoms with Crippen LogP contribution in [-0.4, -0.2) is 27.5 Å².